The zero-order chi connectivity index (χ0) is 11.9. The summed E-state index contributed by atoms with van der Waals surface area (Å²) in [5.74, 6) is 0. The molecule has 0 heterocycles. The van der Waals surface area contributed by atoms with Gasteiger partial charge in [0.25, 0.3) is 0 Å². The fourth-order valence-electron chi connectivity index (χ4n) is 1.36. The number of hydrogen-bond donors (Lipinski definition) is 0. The molecule has 0 atom stereocenters. The summed E-state index contributed by atoms with van der Waals surface area (Å²) >= 11 is 0. The molecule has 16 heavy (non-hydrogen) atoms. The van der Waals surface area contributed by atoms with Crippen molar-refractivity contribution in [3.05, 3.63) is 41.6 Å². The largest absolute Gasteiger partial charge is 0.376 e. The van der Waals surface area contributed by atoms with Gasteiger partial charge in [0.05, 0.1) is 5.60 Å². The second-order valence-electron chi connectivity index (χ2n) is 4.92. The van der Waals surface area contributed by atoms with Crippen molar-refractivity contribution in [3.63, 3.8) is 0 Å². The van der Waals surface area contributed by atoms with E-state index in [-0.39, 0.29) is 15.1 Å². The summed E-state index contributed by atoms with van der Waals surface area (Å²) < 4.78 is 5.68. The molecule has 1 nitrogen and oxygen atoms in total. The van der Waals surface area contributed by atoms with E-state index in [1.165, 1.54) is 11.6 Å². The Labute approximate surface area is 101 Å². The van der Waals surface area contributed by atoms with Crippen molar-refractivity contribution in [3.8, 4) is 0 Å². The van der Waals surface area contributed by atoms with Crippen LogP contribution in [0.25, 0.3) is 6.08 Å². The lowest BCUT2D eigenvalue weighted by molar-refractivity contribution is 0.00540. The maximum atomic E-state index is 5.68. The van der Waals surface area contributed by atoms with Crippen molar-refractivity contribution in [2.45, 2.75) is 32.4 Å². The highest BCUT2D eigenvalue weighted by atomic mass is 28.2. The van der Waals surface area contributed by atoms with E-state index < -0.39 is 0 Å². The van der Waals surface area contributed by atoms with Crippen LogP contribution >= 0.6 is 0 Å². The van der Waals surface area contributed by atoms with Crippen LogP contribution in [-0.2, 0) is 4.74 Å². The van der Waals surface area contributed by atoms with Crippen LogP contribution in [0.5, 0.6) is 0 Å². The smallest absolute Gasteiger partial charge is 0.0598 e. The molecule has 0 unspecified atom stereocenters. The summed E-state index contributed by atoms with van der Waals surface area (Å²) in [4.78, 5) is 0. The van der Waals surface area contributed by atoms with E-state index in [0.717, 1.165) is 6.61 Å². The molecule has 0 amide bonds. The van der Waals surface area contributed by atoms with Gasteiger partial charge in [0.1, 0.15) is 0 Å². The zero-order valence-corrected chi connectivity index (χ0v) is 12.0. The zero-order valence-electron chi connectivity index (χ0n) is 10.6. The molecule has 0 aliphatic heterocycles. The van der Waals surface area contributed by atoms with Crippen LogP contribution in [0.15, 0.2) is 36.0 Å². The molecule has 1 rings (SSSR count). The molecule has 2 heteroatoms. The average Bonchev–Trinajstić information content (AvgIpc) is 2.23. The second kappa shape index (κ2) is 6.66. The van der Waals surface area contributed by atoms with Crippen LogP contribution in [0.1, 0.15) is 26.3 Å². The molecule has 0 saturated heterocycles. The first-order valence-corrected chi connectivity index (χ1v) is 7.75. The maximum absolute atomic E-state index is 5.68. The maximum Gasteiger partial charge on any atom is 0.0598 e. The number of hydrogen-bond acceptors (Lipinski definition) is 1. The number of rotatable bonds is 5. The molecular formula is C14H22OSi. The predicted octanol–water partition coefficient (Wildman–Crippen LogP) is 3.06. The third kappa shape index (κ3) is 6.59. The molecule has 0 spiro atoms. The van der Waals surface area contributed by atoms with Gasteiger partial charge in [-0.25, -0.2) is 0 Å². The standard InChI is InChI=1S/C14H22OSi/c1-14(2,3)15-10-12-16-11-9-13-7-5-4-6-8-13/h4-9,11H,10,12,16H2,1-3H3. The van der Waals surface area contributed by atoms with Gasteiger partial charge in [-0.1, -0.05) is 36.4 Å². The van der Waals surface area contributed by atoms with Crippen molar-refractivity contribution in [1.82, 2.24) is 0 Å². The van der Waals surface area contributed by atoms with Gasteiger partial charge in [0.15, 0.2) is 0 Å². The molecule has 0 aliphatic rings. The Morgan fingerprint density at radius 3 is 2.50 bits per heavy atom. The number of benzene rings is 1. The van der Waals surface area contributed by atoms with Crippen molar-refractivity contribution >= 4 is 15.6 Å². The lowest BCUT2D eigenvalue weighted by Crippen LogP contribution is -2.20. The van der Waals surface area contributed by atoms with Crippen LogP contribution in [0.3, 0.4) is 0 Å². The molecule has 0 aliphatic carbocycles. The Balaban J connectivity index is 2.14. The molecule has 0 N–H and O–H groups in total. The first kappa shape index (κ1) is 13.2. The van der Waals surface area contributed by atoms with Gasteiger partial charge in [0, 0.05) is 16.1 Å². The fraction of sp³-hybridized carbons (Fsp3) is 0.429. The summed E-state index contributed by atoms with van der Waals surface area (Å²) in [5.41, 5.74) is 3.66. The molecule has 0 radical (unpaired) electrons. The highest BCUT2D eigenvalue weighted by Crippen LogP contribution is 2.07. The third-order valence-corrected chi connectivity index (χ3v) is 3.43. The topological polar surface area (TPSA) is 9.23 Å². The minimum atomic E-state index is -0.107. The summed E-state index contributed by atoms with van der Waals surface area (Å²) in [5, 5.41) is 0. The summed E-state index contributed by atoms with van der Waals surface area (Å²) in [6, 6.07) is 11.7. The Morgan fingerprint density at radius 1 is 1.19 bits per heavy atom. The van der Waals surface area contributed by atoms with E-state index in [1.54, 1.807) is 0 Å². The van der Waals surface area contributed by atoms with Gasteiger partial charge in [-0.3, -0.25) is 0 Å². The van der Waals surface area contributed by atoms with Crippen LogP contribution in [0.2, 0.25) is 6.04 Å². The highest BCUT2D eigenvalue weighted by Gasteiger charge is 2.08. The molecular weight excluding hydrogens is 212 g/mol. The molecule has 0 fully saturated rings. The highest BCUT2D eigenvalue weighted by molar-refractivity contribution is 6.43. The lowest BCUT2D eigenvalue weighted by atomic mass is 10.2. The Kier molecular flexibility index (Phi) is 5.50. The second-order valence-corrected chi connectivity index (χ2v) is 6.67. The molecule has 1 aromatic rings. The first-order valence-electron chi connectivity index (χ1n) is 5.93. The van der Waals surface area contributed by atoms with Gasteiger partial charge in [-0.2, -0.15) is 0 Å². The average molecular weight is 234 g/mol. The van der Waals surface area contributed by atoms with E-state index in [1.807, 2.05) is 6.07 Å². The Hall–Kier alpha value is -0.863. The van der Waals surface area contributed by atoms with E-state index in [4.69, 9.17) is 4.74 Å². The van der Waals surface area contributed by atoms with Crippen LogP contribution in [0.4, 0.5) is 0 Å². The van der Waals surface area contributed by atoms with E-state index in [9.17, 15) is 0 Å². The summed E-state index contributed by atoms with van der Waals surface area (Å²) in [6.07, 6.45) is 2.23. The first-order chi connectivity index (χ1) is 7.58. The van der Waals surface area contributed by atoms with Gasteiger partial charge >= 0.3 is 0 Å². The van der Waals surface area contributed by atoms with Gasteiger partial charge in [-0.15, -0.1) is 5.70 Å². The molecule has 0 aromatic heterocycles. The van der Waals surface area contributed by atoms with Gasteiger partial charge < -0.3 is 4.74 Å². The minimum absolute atomic E-state index is 0.0115. The lowest BCUT2D eigenvalue weighted by Gasteiger charge is -2.18. The van der Waals surface area contributed by atoms with Crippen LogP contribution in [-0.4, -0.2) is 21.7 Å². The van der Waals surface area contributed by atoms with Crippen LogP contribution in [0, 0.1) is 0 Å². The molecule has 0 saturated carbocycles. The monoisotopic (exact) mass is 234 g/mol. The molecule has 0 bridgehead atoms. The Bertz CT molecular complexity index is 311. The van der Waals surface area contributed by atoms with E-state index >= 15 is 0 Å². The van der Waals surface area contributed by atoms with Crippen molar-refractivity contribution in [2.24, 2.45) is 0 Å². The fourth-order valence-corrected chi connectivity index (χ4v) is 2.35. The Morgan fingerprint density at radius 2 is 1.88 bits per heavy atom. The van der Waals surface area contributed by atoms with Crippen LogP contribution < -0.4 is 0 Å². The molecule has 88 valence electrons. The van der Waals surface area contributed by atoms with Gasteiger partial charge in [-0.05, 0) is 32.4 Å². The van der Waals surface area contributed by atoms with Crippen molar-refractivity contribution < 1.29 is 4.74 Å². The quantitative estimate of drug-likeness (QED) is 0.562. The molecule has 1 aromatic carbocycles. The normalized spacial score (nSPS) is 12.9. The number of ether oxygens (including phenoxy) is 1. The third-order valence-electron chi connectivity index (χ3n) is 2.16. The van der Waals surface area contributed by atoms with Gasteiger partial charge in [0.2, 0.25) is 0 Å². The summed E-state index contributed by atoms with van der Waals surface area (Å²) in [7, 11) is -0.107. The SMILES string of the molecule is CC(C)(C)OCC[SiH2]C=Cc1ccccc1. The van der Waals surface area contributed by atoms with Crippen molar-refractivity contribution in [1.29, 1.82) is 0 Å². The van der Waals surface area contributed by atoms with E-state index in [2.05, 4.69) is 56.8 Å². The summed E-state index contributed by atoms with van der Waals surface area (Å²) in [6.45, 7) is 7.21. The van der Waals surface area contributed by atoms with Crippen molar-refractivity contribution in [2.75, 3.05) is 6.61 Å². The predicted molar refractivity (Wildman–Crippen MR) is 74.5 cm³/mol. The minimum Gasteiger partial charge on any atom is -0.376 e. The van der Waals surface area contributed by atoms with E-state index in [0.29, 0.717) is 0 Å².